The van der Waals surface area contributed by atoms with E-state index in [4.69, 9.17) is 10.9 Å². The summed E-state index contributed by atoms with van der Waals surface area (Å²) in [6, 6.07) is 4.56. The van der Waals surface area contributed by atoms with Gasteiger partial charge in [0.1, 0.15) is 5.82 Å². The minimum Gasteiger partial charge on any atom is -0.409 e. The van der Waals surface area contributed by atoms with Crippen LogP contribution in [-0.4, -0.2) is 17.6 Å². The third-order valence-electron chi connectivity index (χ3n) is 3.33. The number of amidine groups is 1. The Bertz CT molecular complexity index is 458. The summed E-state index contributed by atoms with van der Waals surface area (Å²) in [6.07, 6.45) is 1.06. The van der Waals surface area contributed by atoms with Crippen molar-refractivity contribution in [1.82, 2.24) is 5.32 Å². The van der Waals surface area contributed by atoms with E-state index in [1.54, 1.807) is 12.1 Å². The molecular weight excluding hydrogens is 245 g/mol. The molecule has 1 aromatic carbocycles. The highest BCUT2D eigenvalue weighted by molar-refractivity contribution is 5.97. The molecule has 0 spiro atoms. The highest BCUT2D eigenvalue weighted by Crippen LogP contribution is 2.18. The lowest BCUT2D eigenvalue weighted by Crippen LogP contribution is -2.28. The summed E-state index contributed by atoms with van der Waals surface area (Å²) >= 11 is 0. The van der Waals surface area contributed by atoms with Crippen molar-refractivity contribution in [3.63, 3.8) is 0 Å². The zero-order valence-electron chi connectivity index (χ0n) is 11.7. The summed E-state index contributed by atoms with van der Waals surface area (Å²) in [6.45, 7) is 7.75. The van der Waals surface area contributed by atoms with Crippen molar-refractivity contribution in [3.8, 4) is 0 Å². The van der Waals surface area contributed by atoms with Crippen molar-refractivity contribution in [2.75, 3.05) is 6.54 Å². The largest absolute Gasteiger partial charge is 0.409 e. The highest BCUT2D eigenvalue weighted by atomic mass is 19.1. The van der Waals surface area contributed by atoms with E-state index in [1.807, 2.05) is 0 Å². The average molecular weight is 267 g/mol. The number of hydrogen-bond acceptors (Lipinski definition) is 3. The van der Waals surface area contributed by atoms with Gasteiger partial charge in [-0.15, -0.1) is 0 Å². The summed E-state index contributed by atoms with van der Waals surface area (Å²) in [5, 5.41) is 14.6. The van der Waals surface area contributed by atoms with E-state index >= 15 is 0 Å². The van der Waals surface area contributed by atoms with Crippen LogP contribution in [0, 0.1) is 11.2 Å². The molecule has 0 saturated carbocycles. The molecule has 0 aliphatic carbocycles. The molecule has 19 heavy (non-hydrogen) atoms. The molecule has 1 aromatic rings. The second-order valence-corrected chi connectivity index (χ2v) is 5.41. The van der Waals surface area contributed by atoms with Crippen molar-refractivity contribution in [1.29, 1.82) is 0 Å². The first-order valence-electron chi connectivity index (χ1n) is 6.36. The molecule has 0 aliphatic heterocycles. The van der Waals surface area contributed by atoms with E-state index in [1.165, 1.54) is 6.07 Å². The predicted octanol–water partition coefficient (Wildman–Crippen LogP) is 2.45. The lowest BCUT2D eigenvalue weighted by Gasteiger charge is -2.23. The van der Waals surface area contributed by atoms with Gasteiger partial charge in [0.05, 0.1) is 0 Å². The number of nitrogens with two attached hydrogens (primary N) is 1. The average Bonchev–Trinajstić information content (AvgIpc) is 2.39. The molecule has 4 N–H and O–H groups in total. The predicted molar refractivity (Wildman–Crippen MR) is 74.7 cm³/mol. The first kappa shape index (κ1) is 15.4. The Balaban J connectivity index is 2.66. The lowest BCUT2D eigenvalue weighted by molar-refractivity contribution is 0.318. The topological polar surface area (TPSA) is 70.6 Å². The normalized spacial score (nSPS) is 12.7. The molecule has 0 unspecified atom stereocenters. The zero-order valence-corrected chi connectivity index (χ0v) is 11.7. The van der Waals surface area contributed by atoms with Crippen LogP contribution in [0.25, 0.3) is 0 Å². The number of oxime groups is 1. The summed E-state index contributed by atoms with van der Waals surface area (Å²) in [5.74, 6) is -0.448. The lowest BCUT2D eigenvalue weighted by atomic mass is 9.90. The van der Waals surface area contributed by atoms with Crippen molar-refractivity contribution in [3.05, 3.63) is 35.1 Å². The minimum absolute atomic E-state index is 0.0921. The van der Waals surface area contributed by atoms with Crippen molar-refractivity contribution >= 4 is 5.84 Å². The molecule has 0 saturated heterocycles. The third-order valence-corrected chi connectivity index (χ3v) is 3.33. The number of benzene rings is 1. The SMILES string of the molecule is CCC(C)(C)CNCc1ccc(/C(N)=N/O)cc1F. The molecule has 5 heteroatoms. The van der Waals surface area contributed by atoms with Gasteiger partial charge in [0.15, 0.2) is 5.84 Å². The maximum atomic E-state index is 13.8. The summed E-state index contributed by atoms with van der Waals surface area (Å²) < 4.78 is 13.8. The van der Waals surface area contributed by atoms with Crippen molar-refractivity contribution in [2.45, 2.75) is 33.7 Å². The van der Waals surface area contributed by atoms with Crippen LogP contribution in [-0.2, 0) is 6.54 Å². The standard InChI is InChI=1S/C14H22FN3O/c1-4-14(2,3)9-17-8-11-6-5-10(7-12(11)15)13(16)18-19/h5-7,17,19H,4,8-9H2,1-3H3,(H2,16,18). The Morgan fingerprint density at radius 2 is 2.16 bits per heavy atom. The van der Waals surface area contributed by atoms with E-state index in [0.29, 0.717) is 17.7 Å². The number of hydrogen-bond donors (Lipinski definition) is 3. The Labute approximate surface area is 113 Å². The molecule has 0 radical (unpaired) electrons. The Morgan fingerprint density at radius 1 is 1.47 bits per heavy atom. The maximum Gasteiger partial charge on any atom is 0.170 e. The molecule has 0 aromatic heterocycles. The van der Waals surface area contributed by atoms with Gasteiger partial charge in [-0.3, -0.25) is 0 Å². The molecule has 0 bridgehead atoms. The summed E-state index contributed by atoms with van der Waals surface area (Å²) in [4.78, 5) is 0. The number of nitrogens with one attached hydrogen (secondary N) is 1. The summed E-state index contributed by atoms with van der Waals surface area (Å²) in [7, 11) is 0. The molecular formula is C14H22FN3O. The Kier molecular flexibility index (Phi) is 5.30. The van der Waals surface area contributed by atoms with Gasteiger partial charge in [-0.2, -0.15) is 0 Å². The van der Waals surface area contributed by atoms with Crippen LogP contribution in [0.4, 0.5) is 4.39 Å². The van der Waals surface area contributed by atoms with E-state index in [0.717, 1.165) is 13.0 Å². The van der Waals surface area contributed by atoms with Crippen LogP contribution in [0.5, 0.6) is 0 Å². The van der Waals surface area contributed by atoms with Crippen LogP contribution in [0.3, 0.4) is 0 Å². The monoisotopic (exact) mass is 267 g/mol. The minimum atomic E-state index is -0.356. The number of nitrogens with zero attached hydrogens (tertiary/aromatic N) is 1. The second-order valence-electron chi connectivity index (χ2n) is 5.41. The van der Waals surface area contributed by atoms with E-state index < -0.39 is 0 Å². The van der Waals surface area contributed by atoms with Gasteiger partial charge in [-0.25, -0.2) is 4.39 Å². The maximum absolute atomic E-state index is 13.8. The van der Waals surface area contributed by atoms with Crippen LogP contribution >= 0.6 is 0 Å². The van der Waals surface area contributed by atoms with Crippen LogP contribution in [0.2, 0.25) is 0 Å². The molecule has 0 fully saturated rings. The zero-order chi connectivity index (χ0) is 14.5. The fourth-order valence-corrected chi connectivity index (χ4v) is 1.57. The van der Waals surface area contributed by atoms with Gasteiger partial charge in [-0.05, 0) is 17.9 Å². The van der Waals surface area contributed by atoms with Gasteiger partial charge in [0, 0.05) is 24.2 Å². The fourth-order valence-electron chi connectivity index (χ4n) is 1.57. The molecule has 0 aliphatic rings. The molecule has 0 amide bonds. The second kappa shape index (κ2) is 6.52. The van der Waals surface area contributed by atoms with Crippen LogP contribution in [0.15, 0.2) is 23.4 Å². The van der Waals surface area contributed by atoms with Crippen molar-refractivity contribution < 1.29 is 9.60 Å². The smallest absolute Gasteiger partial charge is 0.170 e. The molecule has 1 rings (SSSR count). The van der Waals surface area contributed by atoms with Gasteiger partial charge >= 0.3 is 0 Å². The quantitative estimate of drug-likeness (QED) is 0.321. The van der Waals surface area contributed by atoms with E-state index in [9.17, 15) is 4.39 Å². The summed E-state index contributed by atoms with van der Waals surface area (Å²) in [5.41, 5.74) is 6.55. The van der Waals surface area contributed by atoms with E-state index in [2.05, 4.69) is 31.2 Å². The van der Waals surface area contributed by atoms with E-state index in [-0.39, 0.29) is 17.1 Å². The molecule has 4 nitrogen and oxygen atoms in total. The molecule has 0 atom stereocenters. The number of halogens is 1. The third kappa shape index (κ3) is 4.52. The van der Waals surface area contributed by atoms with Gasteiger partial charge in [0.2, 0.25) is 0 Å². The fraction of sp³-hybridized carbons (Fsp3) is 0.500. The van der Waals surface area contributed by atoms with Crippen LogP contribution in [0.1, 0.15) is 38.3 Å². The van der Waals surface area contributed by atoms with Crippen LogP contribution < -0.4 is 11.1 Å². The first-order chi connectivity index (χ1) is 8.89. The molecule has 0 heterocycles. The highest BCUT2D eigenvalue weighted by Gasteiger charge is 2.14. The first-order valence-corrected chi connectivity index (χ1v) is 6.36. The molecule has 106 valence electrons. The number of rotatable bonds is 6. The van der Waals surface area contributed by atoms with Crippen molar-refractivity contribution in [2.24, 2.45) is 16.3 Å². The Hall–Kier alpha value is -1.62. The Morgan fingerprint density at radius 3 is 2.68 bits per heavy atom. The van der Waals surface area contributed by atoms with Gasteiger partial charge in [-0.1, -0.05) is 38.1 Å². The van der Waals surface area contributed by atoms with Gasteiger partial charge < -0.3 is 16.3 Å². The van der Waals surface area contributed by atoms with Gasteiger partial charge in [0.25, 0.3) is 0 Å².